The number of fused-ring (bicyclic) bond motifs is 1. The highest BCUT2D eigenvalue weighted by atomic mass is 16.1. The number of carbonyl (C=O) groups excluding carboxylic acids is 1. The van der Waals surface area contributed by atoms with Crippen LogP contribution in [-0.2, 0) is 6.54 Å². The first-order valence-corrected chi connectivity index (χ1v) is 7.47. The third kappa shape index (κ3) is 2.82. The molecule has 0 bridgehead atoms. The second-order valence-electron chi connectivity index (χ2n) is 5.18. The topological polar surface area (TPSA) is 20.9 Å². The molecular weight excluding hydrogens is 270 g/mol. The first-order chi connectivity index (χ1) is 10.8. The summed E-state index contributed by atoms with van der Waals surface area (Å²) in [5, 5.41) is 1.25. The van der Waals surface area contributed by atoms with Crippen molar-refractivity contribution in [1.82, 2.24) is 0 Å². The van der Waals surface area contributed by atoms with Gasteiger partial charge in [-0.3, -0.25) is 4.79 Å². The first kappa shape index (κ1) is 14.2. The molecule has 2 nitrogen and oxygen atoms in total. The van der Waals surface area contributed by atoms with Crippen LogP contribution in [0.4, 0.5) is 0 Å². The number of pyridine rings is 1. The van der Waals surface area contributed by atoms with Crippen LogP contribution >= 0.6 is 0 Å². The summed E-state index contributed by atoms with van der Waals surface area (Å²) < 4.78 is 2.30. The smallest absolute Gasteiger partial charge is 0.212 e. The van der Waals surface area contributed by atoms with Crippen molar-refractivity contribution in [3.63, 3.8) is 0 Å². The van der Waals surface area contributed by atoms with Crippen molar-refractivity contribution in [2.45, 2.75) is 13.5 Å². The van der Waals surface area contributed by atoms with Gasteiger partial charge in [0.15, 0.2) is 0 Å². The third-order valence-electron chi connectivity index (χ3n) is 3.81. The van der Waals surface area contributed by atoms with E-state index in [1.165, 1.54) is 16.6 Å². The average Bonchev–Trinajstić information content (AvgIpc) is 2.59. The van der Waals surface area contributed by atoms with E-state index in [2.05, 4.69) is 60.0 Å². The Hall–Kier alpha value is -2.74. The molecule has 0 radical (unpaired) electrons. The number of carbonyl (C=O) groups is 1. The number of hydrogen-bond acceptors (Lipinski definition) is 1. The molecule has 0 saturated carbocycles. The van der Waals surface area contributed by atoms with E-state index >= 15 is 0 Å². The van der Waals surface area contributed by atoms with Gasteiger partial charge in [-0.15, -0.1) is 0 Å². The van der Waals surface area contributed by atoms with E-state index in [-0.39, 0.29) is 0 Å². The molecule has 0 fully saturated rings. The van der Waals surface area contributed by atoms with Gasteiger partial charge in [-0.25, -0.2) is 0 Å². The molecule has 1 heterocycles. The lowest BCUT2D eigenvalue weighted by atomic mass is 10.1. The maximum Gasteiger partial charge on any atom is 0.212 e. The summed E-state index contributed by atoms with van der Waals surface area (Å²) in [5.41, 5.74) is 4.19. The number of aldehydes is 1. The Bertz CT molecular complexity index is 832. The molecule has 0 aliphatic rings. The lowest BCUT2D eigenvalue weighted by Gasteiger charge is -2.02. The van der Waals surface area contributed by atoms with E-state index in [1.807, 2.05) is 24.3 Å². The molecule has 22 heavy (non-hydrogen) atoms. The van der Waals surface area contributed by atoms with Crippen molar-refractivity contribution in [2.75, 3.05) is 0 Å². The van der Waals surface area contributed by atoms with Crippen molar-refractivity contribution in [3.05, 3.63) is 77.5 Å². The van der Waals surface area contributed by atoms with Gasteiger partial charge >= 0.3 is 0 Å². The molecule has 0 N–H and O–H groups in total. The second kappa shape index (κ2) is 6.35. The molecule has 0 unspecified atom stereocenters. The number of aryl methyl sites for hydroxylation is 1. The molecular formula is C20H18NO+. The standard InChI is InChI=1S/C20H18NO/c1-2-21-19(14-12-18-5-3-4-6-20(18)21)13-11-16-7-9-17(15-22)10-8-16/h3-15H,2H2,1H3/q+1. The molecule has 0 saturated heterocycles. The highest BCUT2D eigenvalue weighted by Gasteiger charge is 2.10. The Kier molecular flexibility index (Phi) is 4.10. The summed E-state index contributed by atoms with van der Waals surface area (Å²) >= 11 is 0. The minimum atomic E-state index is 0.700. The predicted molar refractivity (Wildman–Crippen MR) is 90.6 cm³/mol. The lowest BCUT2D eigenvalue weighted by molar-refractivity contribution is -0.669. The van der Waals surface area contributed by atoms with E-state index in [1.54, 1.807) is 0 Å². The van der Waals surface area contributed by atoms with Gasteiger partial charge < -0.3 is 0 Å². The van der Waals surface area contributed by atoms with Crippen LogP contribution in [0.1, 0.15) is 28.5 Å². The Morgan fingerprint density at radius 3 is 2.32 bits per heavy atom. The molecule has 0 amide bonds. The molecule has 108 valence electrons. The van der Waals surface area contributed by atoms with Crippen LogP contribution in [0, 0.1) is 0 Å². The van der Waals surface area contributed by atoms with Crippen LogP contribution in [-0.4, -0.2) is 6.29 Å². The van der Waals surface area contributed by atoms with E-state index in [0.717, 1.165) is 18.4 Å². The maximum atomic E-state index is 10.7. The van der Waals surface area contributed by atoms with E-state index in [4.69, 9.17) is 0 Å². The summed E-state index contributed by atoms with van der Waals surface area (Å²) in [4.78, 5) is 10.7. The quantitative estimate of drug-likeness (QED) is 0.522. The Labute approximate surface area is 130 Å². The molecule has 0 aliphatic heterocycles. The number of nitrogens with zero attached hydrogens (tertiary/aromatic N) is 1. The molecule has 1 aromatic heterocycles. The Morgan fingerprint density at radius 2 is 1.59 bits per heavy atom. The van der Waals surface area contributed by atoms with Crippen molar-refractivity contribution in [1.29, 1.82) is 0 Å². The summed E-state index contributed by atoms with van der Waals surface area (Å²) in [6.07, 6.45) is 5.05. The zero-order valence-electron chi connectivity index (χ0n) is 12.6. The van der Waals surface area contributed by atoms with Crippen molar-refractivity contribution < 1.29 is 9.36 Å². The fourth-order valence-electron chi connectivity index (χ4n) is 2.64. The molecule has 0 spiro atoms. The van der Waals surface area contributed by atoms with Gasteiger partial charge in [0.2, 0.25) is 11.2 Å². The number of rotatable bonds is 4. The van der Waals surface area contributed by atoms with Crippen LogP contribution in [0.15, 0.2) is 60.7 Å². The highest BCUT2D eigenvalue weighted by molar-refractivity contribution is 5.78. The molecule has 2 heteroatoms. The number of benzene rings is 2. The van der Waals surface area contributed by atoms with Crippen molar-refractivity contribution in [3.8, 4) is 0 Å². The van der Waals surface area contributed by atoms with Gasteiger partial charge in [-0.2, -0.15) is 4.57 Å². The third-order valence-corrected chi connectivity index (χ3v) is 3.81. The zero-order chi connectivity index (χ0) is 15.4. The van der Waals surface area contributed by atoms with Crippen LogP contribution in [0.3, 0.4) is 0 Å². The summed E-state index contributed by atoms with van der Waals surface area (Å²) in [6, 6.07) is 20.3. The molecule has 0 atom stereocenters. The maximum absolute atomic E-state index is 10.7. The Morgan fingerprint density at radius 1 is 0.864 bits per heavy atom. The fourth-order valence-corrected chi connectivity index (χ4v) is 2.64. The van der Waals surface area contributed by atoms with E-state index < -0.39 is 0 Å². The minimum Gasteiger partial charge on any atom is -0.298 e. The van der Waals surface area contributed by atoms with Gasteiger partial charge in [-0.1, -0.05) is 36.4 Å². The van der Waals surface area contributed by atoms with Gasteiger partial charge in [0.05, 0.1) is 0 Å². The normalized spacial score (nSPS) is 11.1. The summed E-state index contributed by atoms with van der Waals surface area (Å²) in [7, 11) is 0. The van der Waals surface area contributed by atoms with Crippen molar-refractivity contribution in [2.24, 2.45) is 0 Å². The zero-order valence-corrected chi connectivity index (χ0v) is 12.6. The SMILES string of the molecule is CC[n+]1c(C=Cc2ccc(C=O)cc2)ccc2ccccc21. The van der Waals surface area contributed by atoms with E-state index in [0.29, 0.717) is 5.56 Å². The van der Waals surface area contributed by atoms with Crippen LogP contribution in [0.5, 0.6) is 0 Å². The predicted octanol–water partition coefficient (Wildman–Crippen LogP) is 4.13. The number of hydrogen-bond donors (Lipinski definition) is 0. The van der Waals surface area contributed by atoms with Crippen molar-refractivity contribution >= 4 is 29.3 Å². The van der Waals surface area contributed by atoms with Gasteiger partial charge in [0.25, 0.3) is 0 Å². The average molecular weight is 288 g/mol. The minimum absolute atomic E-state index is 0.700. The van der Waals surface area contributed by atoms with Gasteiger partial charge in [0, 0.05) is 29.2 Å². The van der Waals surface area contributed by atoms with Gasteiger partial charge in [0.1, 0.15) is 12.8 Å². The molecule has 3 aromatic rings. The molecule has 3 rings (SSSR count). The fraction of sp³-hybridized carbons (Fsp3) is 0.100. The Balaban J connectivity index is 1.98. The molecule has 0 aliphatic carbocycles. The molecule has 2 aromatic carbocycles. The van der Waals surface area contributed by atoms with Crippen LogP contribution < -0.4 is 4.57 Å². The number of para-hydroxylation sites is 1. The lowest BCUT2D eigenvalue weighted by Crippen LogP contribution is -2.36. The summed E-state index contributed by atoms with van der Waals surface area (Å²) in [6.45, 7) is 3.08. The van der Waals surface area contributed by atoms with Crippen LogP contribution in [0.25, 0.3) is 23.1 Å². The first-order valence-electron chi connectivity index (χ1n) is 7.47. The largest absolute Gasteiger partial charge is 0.298 e. The van der Waals surface area contributed by atoms with Gasteiger partial charge in [-0.05, 0) is 30.7 Å². The summed E-state index contributed by atoms with van der Waals surface area (Å²) in [5.74, 6) is 0. The highest BCUT2D eigenvalue weighted by Crippen LogP contribution is 2.13. The van der Waals surface area contributed by atoms with Crippen LogP contribution in [0.2, 0.25) is 0 Å². The monoisotopic (exact) mass is 288 g/mol. The van der Waals surface area contributed by atoms with E-state index in [9.17, 15) is 4.79 Å². The number of aromatic nitrogens is 1. The second-order valence-corrected chi connectivity index (χ2v) is 5.18.